The lowest BCUT2D eigenvalue weighted by atomic mass is 10.2. The predicted molar refractivity (Wildman–Crippen MR) is 63.3 cm³/mol. The van der Waals surface area contributed by atoms with Gasteiger partial charge in [-0.15, -0.1) is 0 Å². The van der Waals surface area contributed by atoms with Gasteiger partial charge in [0, 0.05) is 6.07 Å². The molecule has 0 saturated carbocycles. The summed E-state index contributed by atoms with van der Waals surface area (Å²) in [7, 11) is 0. The standard InChI is InChI=1S/C13H7ClF2O2/c14-10-5-4-9(15)6-12(10)18-13-8(7-17)2-1-3-11(13)16/h1-7H. The summed E-state index contributed by atoms with van der Waals surface area (Å²) in [6.45, 7) is 0. The number of hydrogen-bond acceptors (Lipinski definition) is 2. The van der Waals surface area contributed by atoms with Crippen LogP contribution in [0, 0.1) is 11.6 Å². The van der Waals surface area contributed by atoms with E-state index < -0.39 is 11.6 Å². The fourth-order valence-corrected chi connectivity index (χ4v) is 1.55. The van der Waals surface area contributed by atoms with E-state index in [1.165, 1.54) is 18.2 Å². The molecule has 0 aliphatic rings. The molecule has 0 N–H and O–H groups in total. The Morgan fingerprint density at radius 3 is 2.67 bits per heavy atom. The molecule has 2 nitrogen and oxygen atoms in total. The molecule has 0 spiro atoms. The number of rotatable bonds is 3. The summed E-state index contributed by atoms with van der Waals surface area (Å²) in [5.74, 6) is -1.62. The zero-order valence-electron chi connectivity index (χ0n) is 8.99. The van der Waals surface area contributed by atoms with E-state index in [-0.39, 0.29) is 22.1 Å². The first-order chi connectivity index (χ1) is 8.61. The molecule has 0 unspecified atom stereocenters. The van der Waals surface area contributed by atoms with Crippen molar-refractivity contribution in [2.75, 3.05) is 0 Å². The zero-order valence-corrected chi connectivity index (χ0v) is 9.75. The topological polar surface area (TPSA) is 26.3 Å². The van der Waals surface area contributed by atoms with Gasteiger partial charge in [-0.25, -0.2) is 8.78 Å². The number of carbonyl (C=O) groups is 1. The minimum absolute atomic E-state index is 0.0235. The van der Waals surface area contributed by atoms with E-state index in [1.54, 1.807) is 0 Å². The van der Waals surface area contributed by atoms with Gasteiger partial charge < -0.3 is 4.74 Å². The maximum atomic E-state index is 13.5. The SMILES string of the molecule is O=Cc1cccc(F)c1Oc1cc(F)ccc1Cl. The summed E-state index contributed by atoms with van der Waals surface area (Å²) in [5, 5.41) is 0.122. The number of para-hydroxylation sites is 1. The molecule has 2 aromatic carbocycles. The van der Waals surface area contributed by atoms with E-state index in [0.29, 0.717) is 6.29 Å². The van der Waals surface area contributed by atoms with Crippen LogP contribution in [-0.4, -0.2) is 6.29 Å². The summed E-state index contributed by atoms with van der Waals surface area (Å²) in [6.07, 6.45) is 0.450. The molecule has 2 rings (SSSR count). The second-order valence-electron chi connectivity index (χ2n) is 3.45. The lowest BCUT2D eigenvalue weighted by molar-refractivity contribution is 0.112. The lowest BCUT2D eigenvalue weighted by Crippen LogP contribution is -1.95. The van der Waals surface area contributed by atoms with Crippen LogP contribution in [0.15, 0.2) is 36.4 Å². The van der Waals surface area contributed by atoms with Crippen molar-refractivity contribution in [3.8, 4) is 11.5 Å². The number of halogens is 3. The van der Waals surface area contributed by atoms with Crippen LogP contribution in [0.25, 0.3) is 0 Å². The third kappa shape index (κ3) is 2.49. The third-order valence-corrected chi connectivity index (χ3v) is 2.54. The van der Waals surface area contributed by atoms with Gasteiger partial charge in [0.1, 0.15) is 11.6 Å². The Morgan fingerprint density at radius 2 is 1.94 bits per heavy atom. The second-order valence-corrected chi connectivity index (χ2v) is 3.86. The van der Waals surface area contributed by atoms with Gasteiger partial charge in [-0.05, 0) is 24.3 Å². The molecule has 0 amide bonds. The largest absolute Gasteiger partial charge is 0.452 e. The van der Waals surface area contributed by atoms with Gasteiger partial charge in [-0.2, -0.15) is 0 Å². The molecule has 0 radical (unpaired) electrons. The van der Waals surface area contributed by atoms with Crippen LogP contribution in [0.4, 0.5) is 8.78 Å². The van der Waals surface area contributed by atoms with Crippen molar-refractivity contribution >= 4 is 17.9 Å². The highest BCUT2D eigenvalue weighted by molar-refractivity contribution is 6.32. The van der Waals surface area contributed by atoms with Crippen LogP contribution >= 0.6 is 11.6 Å². The minimum atomic E-state index is -0.722. The average Bonchev–Trinajstić information content (AvgIpc) is 2.36. The first-order valence-electron chi connectivity index (χ1n) is 4.98. The van der Waals surface area contributed by atoms with Crippen LogP contribution < -0.4 is 4.74 Å². The second kappa shape index (κ2) is 5.14. The summed E-state index contributed by atoms with van der Waals surface area (Å²) in [4.78, 5) is 10.8. The first-order valence-corrected chi connectivity index (χ1v) is 5.36. The quantitative estimate of drug-likeness (QED) is 0.779. The third-order valence-electron chi connectivity index (χ3n) is 2.23. The van der Waals surface area contributed by atoms with Gasteiger partial charge >= 0.3 is 0 Å². The van der Waals surface area contributed by atoms with Crippen molar-refractivity contribution in [2.24, 2.45) is 0 Å². The molecule has 2 aromatic rings. The van der Waals surface area contributed by atoms with E-state index in [4.69, 9.17) is 16.3 Å². The van der Waals surface area contributed by atoms with Crippen molar-refractivity contribution < 1.29 is 18.3 Å². The summed E-state index contributed by atoms with van der Waals surface area (Å²) in [5.41, 5.74) is 0.0235. The smallest absolute Gasteiger partial charge is 0.173 e. The summed E-state index contributed by atoms with van der Waals surface area (Å²) < 4.78 is 31.7. The number of carbonyl (C=O) groups excluding carboxylic acids is 1. The fourth-order valence-electron chi connectivity index (χ4n) is 1.39. The Hall–Kier alpha value is -1.94. The van der Waals surface area contributed by atoms with Crippen LogP contribution in [0.1, 0.15) is 10.4 Å². The molecule has 92 valence electrons. The molecule has 5 heteroatoms. The van der Waals surface area contributed by atoms with E-state index in [0.717, 1.165) is 18.2 Å². The molecule has 0 saturated heterocycles. The van der Waals surface area contributed by atoms with E-state index in [2.05, 4.69) is 0 Å². The van der Waals surface area contributed by atoms with Crippen molar-refractivity contribution in [3.63, 3.8) is 0 Å². The predicted octanol–water partition coefficient (Wildman–Crippen LogP) is 4.22. The van der Waals surface area contributed by atoms with Crippen molar-refractivity contribution in [3.05, 3.63) is 58.6 Å². The van der Waals surface area contributed by atoms with Gasteiger partial charge in [0.2, 0.25) is 0 Å². The molecule has 0 atom stereocenters. The lowest BCUT2D eigenvalue weighted by Gasteiger charge is -2.10. The zero-order chi connectivity index (χ0) is 13.1. The Kier molecular flexibility index (Phi) is 3.58. The Labute approximate surface area is 107 Å². The molecule has 0 aromatic heterocycles. The molecule has 18 heavy (non-hydrogen) atoms. The van der Waals surface area contributed by atoms with Gasteiger partial charge in [-0.1, -0.05) is 17.7 Å². The monoisotopic (exact) mass is 268 g/mol. The van der Waals surface area contributed by atoms with Crippen molar-refractivity contribution in [1.82, 2.24) is 0 Å². The molecule has 0 aliphatic heterocycles. The molecular formula is C13H7ClF2O2. The molecule has 0 aliphatic carbocycles. The number of hydrogen-bond donors (Lipinski definition) is 0. The normalized spacial score (nSPS) is 10.2. The van der Waals surface area contributed by atoms with Crippen LogP contribution in [0.2, 0.25) is 5.02 Å². The molecular weight excluding hydrogens is 262 g/mol. The van der Waals surface area contributed by atoms with E-state index in [9.17, 15) is 13.6 Å². The maximum Gasteiger partial charge on any atom is 0.173 e. The summed E-state index contributed by atoms with van der Waals surface area (Å²) in [6, 6.07) is 7.35. The van der Waals surface area contributed by atoms with Crippen LogP contribution in [0.3, 0.4) is 0 Å². The highest BCUT2D eigenvalue weighted by Gasteiger charge is 2.12. The number of benzene rings is 2. The van der Waals surface area contributed by atoms with E-state index >= 15 is 0 Å². The highest BCUT2D eigenvalue weighted by Crippen LogP contribution is 2.32. The van der Waals surface area contributed by atoms with Crippen molar-refractivity contribution in [2.45, 2.75) is 0 Å². The first kappa shape index (κ1) is 12.5. The average molecular weight is 269 g/mol. The molecule has 0 heterocycles. The van der Waals surface area contributed by atoms with Gasteiger partial charge in [0.15, 0.2) is 17.9 Å². The molecule has 0 bridgehead atoms. The van der Waals surface area contributed by atoms with E-state index in [1.807, 2.05) is 0 Å². The van der Waals surface area contributed by atoms with Crippen LogP contribution in [-0.2, 0) is 0 Å². The van der Waals surface area contributed by atoms with Crippen LogP contribution in [0.5, 0.6) is 11.5 Å². The highest BCUT2D eigenvalue weighted by atomic mass is 35.5. The summed E-state index contributed by atoms with van der Waals surface area (Å²) >= 11 is 5.79. The maximum absolute atomic E-state index is 13.5. The minimum Gasteiger partial charge on any atom is -0.452 e. The number of ether oxygens (including phenoxy) is 1. The van der Waals surface area contributed by atoms with Gasteiger partial charge in [-0.3, -0.25) is 4.79 Å². The van der Waals surface area contributed by atoms with Gasteiger partial charge in [0.25, 0.3) is 0 Å². The Bertz CT molecular complexity index is 600. The Morgan fingerprint density at radius 1 is 1.17 bits per heavy atom. The Balaban J connectivity index is 2.45. The fraction of sp³-hybridized carbons (Fsp3) is 0. The molecule has 0 fully saturated rings. The number of aldehydes is 1. The van der Waals surface area contributed by atoms with Crippen molar-refractivity contribution in [1.29, 1.82) is 0 Å². The van der Waals surface area contributed by atoms with Gasteiger partial charge in [0.05, 0.1) is 10.6 Å².